The number of aryl methyl sites for hydroxylation is 2. The highest BCUT2D eigenvalue weighted by atomic mass is 16.5. The van der Waals surface area contributed by atoms with E-state index in [1.54, 1.807) is 6.20 Å². The summed E-state index contributed by atoms with van der Waals surface area (Å²) < 4.78 is 5.74. The van der Waals surface area contributed by atoms with Crippen LogP contribution in [0.4, 0.5) is 0 Å². The number of nitrogens with zero attached hydrogens (tertiary/aromatic N) is 1. The maximum Gasteiger partial charge on any atom is 0.219 e. The molecule has 0 unspecified atom stereocenters. The molecule has 94 valence electrons. The average Bonchev–Trinajstić information content (AvgIpc) is 2.34. The molecule has 1 aromatic carbocycles. The Morgan fingerprint density at radius 1 is 1.11 bits per heavy atom. The number of benzene rings is 1. The van der Waals surface area contributed by atoms with Crippen molar-refractivity contribution < 1.29 is 4.74 Å². The number of nitrogens with two attached hydrogens (primary N) is 1. The lowest BCUT2D eigenvalue weighted by atomic mass is 10.1. The van der Waals surface area contributed by atoms with Gasteiger partial charge in [-0.05, 0) is 55.7 Å². The van der Waals surface area contributed by atoms with Crippen molar-refractivity contribution in [2.75, 3.05) is 0 Å². The van der Waals surface area contributed by atoms with E-state index in [-0.39, 0.29) is 6.04 Å². The third-order valence-corrected chi connectivity index (χ3v) is 2.99. The molecule has 0 saturated carbocycles. The SMILES string of the molecule is Cc1ccc(Oc2cc([C@H](C)N)ccn2)cc1C. The van der Waals surface area contributed by atoms with E-state index in [1.807, 2.05) is 37.3 Å². The zero-order chi connectivity index (χ0) is 13.1. The van der Waals surface area contributed by atoms with Crippen LogP contribution in [0, 0.1) is 13.8 Å². The first-order valence-corrected chi connectivity index (χ1v) is 6.03. The van der Waals surface area contributed by atoms with Crippen molar-refractivity contribution >= 4 is 0 Å². The van der Waals surface area contributed by atoms with Crippen molar-refractivity contribution in [1.82, 2.24) is 4.98 Å². The first-order valence-electron chi connectivity index (χ1n) is 6.03. The smallest absolute Gasteiger partial charge is 0.219 e. The fourth-order valence-electron chi connectivity index (χ4n) is 1.66. The Balaban J connectivity index is 2.23. The number of ether oxygens (including phenoxy) is 1. The molecule has 2 N–H and O–H groups in total. The lowest BCUT2D eigenvalue weighted by molar-refractivity contribution is 0.461. The van der Waals surface area contributed by atoms with Crippen LogP contribution < -0.4 is 10.5 Å². The van der Waals surface area contributed by atoms with Crippen LogP contribution >= 0.6 is 0 Å². The molecule has 3 nitrogen and oxygen atoms in total. The topological polar surface area (TPSA) is 48.1 Å². The van der Waals surface area contributed by atoms with Crippen LogP contribution in [-0.2, 0) is 0 Å². The molecule has 0 aliphatic carbocycles. The monoisotopic (exact) mass is 242 g/mol. The Labute approximate surface area is 108 Å². The molecule has 0 amide bonds. The first kappa shape index (κ1) is 12.6. The molecule has 2 rings (SSSR count). The predicted octanol–water partition coefficient (Wildman–Crippen LogP) is 3.51. The van der Waals surface area contributed by atoms with Gasteiger partial charge in [-0.1, -0.05) is 6.07 Å². The molecule has 0 saturated heterocycles. The second-order valence-electron chi connectivity index (χ2n) is 4.56. The Morgan fingerprint density at radius 2 is 1.89 bits per heavy atom. The Bertz CT molecular complexity index is 550. The van der Waals surface area contributed by atoms with Crippen molar-refractivity contribution in [2.24, 2.45) is 5.73 Å². The van der Waals surface area contributed by atoms with Gasteiger partial charge in [-0.15, -0.1) is 0 Å². The van der Waals surface area contributed by atoms with Gasteiger partial charge in [0.25, 0.3) is 0 Å². The van der Waals surface area contributed by atoms with Crippen molar-refractivity contribution in [3.63, 3.8) is 0 Å². The molecule has 18 heavy (non-hydrogen) atoms. The zero-order valence-corrected chi connectivity index (χ0v) is 11.0. The maximum absolute atomic E-state index is 5.84. The molecule has 1 heterocycles. The zero-order valence-electron chi connectivity index (χ0n) is 11.0. The molecule has 1 atom stereocenters. The second-order valence-corrected chi connectivity index (χ2v) is 4.56. The Morgan fingerprint density at radius 3 is 2.56 bits per heavy atom. The van der Waals surface area contributed by atoms with Gasteiger partial charge in [0.2, 0.25) is 5.88 Å². The van der Waals surface area contributed by atoms with Gasteiger partial charge in [-0.2, -0.15) is 0 Å². The van der Waals surface area contributed by atoms with Gasteiger partial charge in [0.05, 0.1) is 0 Å². The van der Waals surface area contributed by atoms with Gasteiger partial charge < -0.3 is 10.5 Å². The predicted molar refractivity (Wildman–Crippen MR) is 72.8 cm³/mol. The minimum Gasteiger partial charge on any atom is -0.439 e. The summed E-state index contributed by atoms with van der Waals surface area (Å²) in [6.45, 7) is 6.08. The average molecular weight is 242 g/mol. The van der Waals surface area contributed by atoms with E-state index in [4.69, 9.17) is 10.5 Å². The molecule has 0 fully saturated rings. The molecular weight excluding hydrogens is 224 g/mol. The molecule has 1 aromatic heterocycles. The fraction of sp³-hybridized carbons (Fsp3) is 0.267. The highest BCUT2D eigenvalue weighted by Gasteiger charge is 2.04. The van der Waals surface area contributed by atoms with Crippen LogP contribution in [0.25, 0.3) is 0 Å². The van der Waals surface area contributed by atoms with Crippen molar-refractivity contribution in [2.45, 2.75) is 26.8 Å². The lowest BCUT2D eigenvalue weighted by Gasteiger charge is -2.09. The van der Waals surface area contributed by atoms with Crippen molar-refractivity contribution in [1.29, 1.82) is 0 Å². The van der Waals surface area contributed by atoms with Gasteiger partial charge >= 0.3 is 0 Å². The summed E-state index contributed by atoms with van der Waals surface area (Å²) >= 11 is 0. The summed E-state index contributed by atoms with van der Waals surface area (Å²) in [5.74, 6) is 1.38. The quantitative estimate of drug-likeness (QED) is 0.896. The number of hydrogen-bond donors (Lipinski definition) is 1. The summed E-state index contributed by atoms with van der Waals surface area (Å²) in [6.07, 6.45) is 1.72. The summed E-state index contributed by atoms with van der Waals surface area (Å²) in [7, 11) is 0. The molecule has 2 aromatic rings. The first-order chi connectivity index (χ1) is 8.56. The highest BCUT2D eigenvalue weighted by Crippen LogP contribution is 2.23. The van der Waals surface area contributed by atoms with Crippen molar-refractivity contribution in [3.05, 3.63) is 53.2 Å². The summed E-state index contributed by atoms with van der Waals surface area (Å²) in [4.78, 5) is 4.19. The van der Waals surface area contributed by atoms with Crippen LogP contribution in [0.5, 0.6) is 11.6 Å². The van der Waals surface area contributed by atoms with Gasteiger partial charge in [0, 0.05) is 18.3 Å². The summed E-state index contributed by atoms with van der Waals surface area (Å²) in [6, 6.07) is 9.76. The van der Waals surface area contributed by atoms with Crippen LogP contribution in [0.1, 0.15) is 29.7 Å². The molecule has 0 bridgehead atoms. The standard InChI is InChI=1S/C15H18N2O/c1-10-4-5-14(8-11(10)2)18-15-9-13(12(3)16)6-7-17-15/h4-9,12H,16H2,1-3H3/t12-/m0/s1. The summed E-state index contributed by atoms with van der Waals surface area (Å²) in [5, 5.41) is 0. The molecule has 0 spiro atoms. The van der Waals surface area contributed by atoms with Gasteiger partial charge in [0.15, 0.2) is 0 Å². The van der Waals surface area contributed by atoms with Gasteiger partial charge in [0.1, 0.15) is 5.75 Å². The minimum absolute atomic E-state index is 0.0184. The minimum atomic E-state index is -0.0184. The lowest BCUT2D eigenvalue weighted by Crippen LogP contribution is -2.05. The van der Waals surface area contributed by atoms with Crippen molar-refractivity contribution in [3.8, 4) is 11.6 Å². The molecular formula is C15H18N2O. The number of aromatic nitrogens is 1. The van der Waals surface area contributed by atoms with E-state index in [2.05, 4.69) is 18.8 Å². The highest BCUT2D eigenvalue weighted by molar-refractivity contribution is 5.36. The fourth-order valence-corrected chi connectivity index (χ4v) is 1.66. The third kappa shape index (κ3) is 2.87. The van der Waals surface area contributed by atoms with Gasteiger partial charge in [-0.25, -0.2) is 4.98 Å². The molecule has 0 aliphatic heterocycles. The Hall–Kier alpha value is -1.87. The van der Waals surface area contributed by atoms with Gasteiger partial charge in [-0.3, -0.25) is 0 Å². The molecule has 3 heteroatoms. The molecule has 0 radical (unpaired) electrons. The van der Waals surface area contributed by atoms with E-state index in [0.29, 0.717) is 5.88 Å². The number of rotatable bonds is 3. The van der Waals surface area contributed by atoms with Crippen LogP contribution in [0.15, 0.2) is 36.5 Å². The van der Waals surface area contributed by atoms with Crippen LogP contribution in [0.2, 0.25) is 0 Å². The second kappa shape index (κ2) is 5.19. The summed E-state index contributed by atoms with van der Waals surface area (Å²) in [5.41, 5.74) is 9.31. The number of pyridine rings is 1. The van der Waals surface area contributed by atoms with Crippen LogP contribution in [-0.4, -0.2) is 4.98 Å². The normalized spacial score (nSPS) is 12.2. The van der Waals surface area contributed by atoms with E-state index in [1.165, 1.54) is 11.1 Å². The number of hydrogen-bond acceptors (Lipinski definition) is 3. The van der Waals surface area contributed by atoms with E-state index >= 15 is 0 Å². The molecule has 0 aliphatic rings. The van der Waals surface area contributed by atoms with Crippen LogP contribution in [0.3, 0.4) is 0 Å². The third-order valence-electron chi connectivity index (χ3n) is 2.99. The Kier molecular flexibility index (Phi) is 3.63. The van der Waals surface area contributed by atoms with E-state index in [0.717, 1.165) is 11.3 Å². The van der Waals surface area contributed by atoms with E-state index < -0.39 is 0 Å². The van der Waals surface area contributed by atoms with E-state index in [9.17, 15) is 0 Å². The largest absolute Gasteiger partial charge is 0.439 e. The maximum atomic E-state index is 5.84.